The number of unbranched alkanes of at least 4 members (excludes halogenated alkanes) is 2. The summed E-state index contributed by atoms with van der Waals surface area (Å²) < 4.78 is 4.76. The summed E-state index contributed by atoms with van der Waals surface area (Å²) in [5.74, 6) is 0.645. The third kappa shape index (κ3) is 2.77. The van der Waals surface area contributed by atoms with Crippen LogP contribution < -0.4 is 16.3 Å². The van der Waals surface area contributed by atoms with Gasteiger partial charge < -0.3 is 0 Å². The molecule has 2 aromatic rings. The Balaban J connectivity index is 2.29. The molecular weight excluding hydrogens is 332 g/mol. The molecule has 142 valence electrons. The Morgan fingerprint density at radius 2 is 1.73 bits per heavy atom. The molecule has 3 rings (SSSR count). The highest BCUT2D eigenvalue weighted by atomic mass is 16.2. The number of hydrazone groups is 1. The van der Waals surface area contributed by atoms with E-state index in [0.29, 0.717) is 23.7 Å². The molecule has 0 N–H and O–H groups in total. The number of rotatable bonds is 6. The monoisotopic (exact) mass is 360 g/mol. The van der Waals surface area contributed by atoms with Crippen molar-refractivity contribution in [3.8, 4) is 0 Å². The van der Waals surface area contributed by atoms with E-state index in [1.54, 1.807) is 7.05 Å². The van der Waals surface area contributed by atoms with Crippen molar-refractivity contribution < 1.29 is 0 Å². The molecule has 0 spiro atoms. The Morgan fingerprint density at radius 1 is 1.08 bits per heavy atom. The first kappa shape index (κ1) is 18.4. The highest BCUT2D eigenvalue weighted by Gasteiger charge is 2.30. The lowest BCUT2D eigenvalue weighted by atomic mass is 10.2. The van der Waals surface area contributed by atoms with Crippen LogP contribution in [0.15, 0.2) is 14.7 Å². The molecule has 0 unspecified atom stereocenters. The van der Waals surface area contributed by atoms with Gasteiger partial charge >= 0.3 is 5.69 Å². The summed E-state index contributed by atoms with van der Waals surface area (Å²) in [5, 5.41) is 6.52. The van der Waals surface area contributed by atoms with Crippen molar-refractivity contribution in [3.05, 3.63) is 20.8 Å². The first-order valence-corrected chi connectivity index (χ1v) is 9.46. The molecule has 0 bridgehead atoms. The largest absolute Gasteiger partial charge is 0.332 e. The number of nitrogens with zero attached hydrogens (tertiary/aromatic N) is 6. The standard InChI is InChI=1S/C18H28N6O2/c1-6-8-10-22-16(25)14-15(21(5)18(22)26)19-17-23(11-9-7-2)20-12(3)13(4)24(14)17/h13H,6-11H2,1-5H3/t13-/m0/s1. The molecule has 0 amide bonds. The van der Waals surface area contributed by atoms with Crippen molar-refractivity contribution >= 4 is 22.8 Å². The third-order valence-electron chi connectivity index (χ3n) is 5.12. The molecule has 0 saturated carbocycles. The first-order chi connectivity index (χ1) is 12.4. The predicted octanol–water partition coefficient (Wildman–Crippen LogP) is 2.25. The fourth-order valence-corrected chi connectivity index (χ4v) is 3.35. The average Bonchev–Trinajstić information content (AvgIpc) is 3.03. The van der Waals surface area contributed by atoms with Crippen LogP contribution in [-0.2, 0) is 13.6 Å². The van der Waals surface area contributed by atoms with Crippen molar-refractivity contribution in [1.29, 1.82) is 0 Å². The minimum Gasteiger partial charge on any atom is -0.294 e. The fourth-order valence-electron chi connectivity index (χ4n) is 3.35. The van der Waals surface area contributed by atoms with E-state index in [0.717, 1.165) is 37.9 Å². The number of aryl methyl sites for hydroxylation is 1. The van der Waals surface area contributed by atoms with Crippen LogP contribution in [0.4, 0.5) is 5.95 Å². The maximum Gasteiger partial charge on any atom is 0.332 e. The maximum atomic E-state index is 13.1. The van der Waals surface area contributed by atoms with E-state index in [2.05, 4.69) is 17.0 Å². The summed E-state index contributed by atoms with van der Waals surface area (Å²) in [6, 6.07) is -0.0716. The third-order valence-corrected chi connectivity index (χ3v) is 5.12. The second kappa shape index (κ2) is 7.09. The number of aromatic nitrogens is 4. The van der Waals surface area contributed by atoms with Crippen LogP contribution in [0.5, 0.6) is 0 Å². The zero-order valence-electron chi connectivity index (χ0n) is 16.3. The van der Waals surface area contributed by atoms with Gasteiger partial charge in [-0.2, -0.15) is 10.1 Å². The van der Waals surface area contributed by atoms with Crippen LogP contribution in [0, 0.1) is 0 Å². The molecule has 26 heavy (non-hydrogen) atoms. The molecule has 0 saturated heterocycles. The summed E-state index contributed by atoms with van der Waals surface area (Å²) in [7, 11) is 1.68. The van der Waals surface area contributed by atoms with Crippen LogP contribution >= 0.6 is 0 Å². The Kier molecular flexibility index (Phi) is 5.02. The van der Waals surface area contributed by atoms with E-state index < -0.39 is 0 Å². The lowest BCUT2D eigenvalue weighted by molar-refractivity contribution is 0.562. The quantitative estimate of drug-likeness (QED) is 0.792. The van der Waals surface area contributed by atoms with E-state index in [-0.39, 0.29) is 17.3 Å². The molecular formula is C18H28N6O2. The lowest BCUT2D eigenvalue weighted by Crippen LogP contribution is -2.40. The van der Waals surface area contributed by atoms with E-state index in [1.807, 2.05) is 30.3 Å². The first-order valence-electron chi connectivity index (χ1n) is 9.46. The number of hydrogen-bond donors (Lipinski definition) is 0. The molecule has 0 aromatic carbocycles. The zero-order valence-corrected chi connectivity index (χ0v) is 16.3. The molecule has 3 heterocycles. The van der Waals surface area contributed by atoms with Crippen molar-refractivity contribution in [1.82, 2.24) is 18.7 Å². The smallest absolute Gasteiger partial charge is 0.294 e. The van der Waals surface area contributed by atoms with Crippen molar-refractivity contribution in [2.24, 2.45) is 12.1 Å². The normalized spacial score (nSPS) is 16.9. The van der Waals surface area contributed by atoms with Gasteiger partial charge in [-0.25, -0.2) is 9.80 Å². The summed E-state index contributed by atoms with van der Waals surface area (Å²) in [5.41, 5.74) is 1.29. The van der Waals surface area contributed by atoms with Gasteiger partial charge in [0.25, 0.3) is 5.56 Å². The van der Waals surface area contributed by atoms with Gasteiger partial charge in [0.2, 0.25) is 5.95 Å². The maximum absolute atomic E-state index is 13.1. The van der Waals surface area contributed by atoms with Gasteiger partial charge in [-0.1, -0.05) is 26.7 Å². The Labute approximate surface area is 152 Å². The second-order valence-corrected chi connectivity index (χ2v) is 7.00. The minimum absolute atomic E-state index is 0.0716. The van der Waals surface area contributed by atoms with Crippen LogP contribution in [0.3, 0.4) is 0 Å². The molecule has 8 heteroatoms. The Morgan fingerprint density at radius 3 is 2.38 bits per heavy atom. The van der Waals surface area contributed by atoms with Crippen molar-refractivity contribution in [2.75, 3.05) is 11.6 Å². The molecule has 0 aliphatic carbocycles. The van der Waals surface area contributed by atoms with Gasteiger partial charge in [0.1, 0.15) is 0 Å². The van der Waals surface area contributed by atoms with E-state index in [4.69, 9.17) is 0 Å². The van der Waals surface area contributed by atoms with Crippen LogP contribution in [0.1, 0.15) is 59.4 Å². The number of anilines is 1. The Hall–Kier alpha value is -2.38. The fraction of sp³-hybridized carbons (Fsp3) is 0.667. The predicted molar refractivity (Wildman–Crippen MR) is 104 cm³/mol. The highest BCUT2D eigenvalue weighted by molar-refractivity contribution is 5.91. The molecule has 2 aromatic heterocycles. The van der Waals surface area contributed by atoms with Gasteiger partial charge in [-0.3, -0.25) is 18.5 Å². The van der Waals surface area contributed by atoms with Gasteiger partial charge in [-0.15, -0.1) is 0 Å². The molecule has 0 radical (unpaired) electrons. The summed E-state index contributed by atoms with van der Waals surface area (Å²) >= 11 is 0. The summed E-state index contributed by atoms with van der Waals surface area (Å²) in [6.45, 7) is 9.32. The summed E-state index contributed by atoms with van der Waals surface area (Å²) in [4.78, 5) is 30.4. The highest BCUT2D eigenvalue weighted by Crippen LogP contribution is 2.29. The van der Waals surface area contributed by atoms with Gasteiger partial charge in [0.15, 0.2) is 11.2 Å². The molecule has 0 fully saturated rings. The average molecular weight is 360 g/mol. The topological polar surface area (TPSA) is 77.4 Å². The minimum atomic E-state index is -0.309. The Bertz CT molecular complexity index is 965. The molecule has 1 aliphatic heterocycles. The van der Waals surface area contributed by atoms with Crippen LogP contribution in [0.25, 0.3) is 11.2 Å². The number of fused-ring (bicyclic) bond motifs is 3. The van der Waals surface area contributed by atoms with Crippen LogP contribution in [0.2, 0.25) is 0 Å². The molecule has 1 aliphatic rings. The zero-order chi connectivity index (χ0) is 19.0. The number of hydrogen-bond acceptors (Lipinski definition) is 5. The van der Waals surface area contributed by atoms with Gasteiger partial charge in [0, 0.05) is 20.1 Å². The van der Waals surface area contributed by atoms with E-state index in [9.17, 15) is 9.59 Å². The van der Waals surface area contributed by atoms with Gasteiger partial charge in [-0.05, 0) is 26.7 Å². The van der Waals surface area contributed by atoms with Crippen LogP contribution in [-0.4, -0.2) is 30.9 Å². The SMILES string of the molecule is CCCCN1N=C(C)[C@H](C)n2c1nc1c2c(=O)n(CCCC)c(=O)n1C. The van der Waals surface area contributed by atoms with E-state index >= 15 is 0 Å². The van der Waals surface area contributed by atoms with Gasteiger partial charge in [0.05, 0.1) is 11.8 Å². The van der Waals surface area contributed by atoms with E-state index in [1.165, 1.54) is 9.13 Å². The second-order valence-electron chi connectivity index (χ2n) is 7.00. The van der Waals surface area contributed by atoms with Crippen molar-refractivity contribution in [3.63, 3.8) is 0 Å². The number of imidazole rings is 1. The molecule has 8 nitrogen and oxygen atoms in total. The molecule has 1 atom stereocenters. The lowest BCUT2D eigenvalue weighted by Gasteiger charge is -2.29. The summed E-state index contributed by atoms with van der Waals surface area (Å²) in [6.07, 6.45) is 3.74. The van der Waals surface area contributed by atoms with Crippen molar-refractivity contribution in [2.45, 2.75) is 66.0 Å².